The number of rotatable bonds is 7. The molecular weight excluding hydrogens is 346 g/mol. The van der Waals surface area contributed by atoms with Crippen molar-refractivity contribution in [3.8, 4) is 23.0 Å². The van der Waals surface area contributed by atoms with Crippen molar-refractivity contribution in [1.29, 1.82) is 0 Å². The molecule has 0 amide bonds. The van der Waals surface area contributed by atoms with Crippen LogP contribution in [0.5, 0.6) is 23.0 Å². The maximum absolute atomic E-state index is 5.63. The predicted octanol–water partition coefficient (Wildman–Crippen LogP) is 3.40. The van der Waals surface area contributed by atoms with Gasteiger partial charge in [0, 0.05) is 18.3 Å². The summed E-state index contributed by atoms with van der Waals surface area (Å²) >= 11 is 0. The molecule has 0 spiro atoms. The summed E-state index contributed by atoms with van der Waals surface area (Å²) in [5, 5.41) is 6.54. The zero-order chi connectivity index (χ0) is 19.1. The predicted molar refractivity (Wildman–Crippen MR) is 105 cm³/mol. The summed E-state index contributed by atoms with van der Waals surface area (Å²) in [4.78, 5) is 4.65. The van der Waals surface area contributed by atoms with Crippen molar-refractivity contribution < 1.29 is 18.9 Å². The third kappa shape index (κ3) is 4.75. The number of nitrogens with one attached hydrogen (secondary N) is 2. The summed E-state index contributed by atoms with van der Waals surface area (Å²) in [6, 6.07) is 11.5. The van der Waals surface area contributed by atoms with Gasteiger partial charge in [0.1, 0.15) is 0 Å². The van der Waals surface area contributed by atoms with E-state index < -0.39 is 0 Å². The molecule has 0 bridgehead atoms. The lowest BCUT2D eigenvalue weighted by Crippen LogP contribution is -2.30. The smallest absolute Gasteiger partial charge is 0.231 e. The Morgan fingerprint density at radius 2 is 1.93 bits per heavy atom. The minimum Gasteiger partial charge on any atom is -0.493 e. The topological polar surface area (TPSA) is 73.3 Å². The number of hydrogen-bond acceptors (Lipinski definition) is 5. The number of nitrogens with zero attached hydrogens (tertiary/aromatic N) is 1. The fraction of sp³-hybridized carbons (Fsp3) is 0.350. The van der Waals surface area contributed by atoms with Crippen LogP contribution in [0.2, 0.25) is 0 Å². The second-order valence-corrected chi connectivity index (χ2v) is 5.81. The SMILES string of the molecule is CCNC(=NCc1ccc2c(c1)OCO2)Nc1ccc(OC)c(OCC)c1. The molecule has 0 saturated carbocycles. The van der Waals surface area contributed by atoms with Gasteiger partial charge >= 0.3 is 0 Å². The largest absolute Gasteiger partial charge is 0.493 e. The van der Waals surface area contributed by atoms with Crippen molar-refractivity contribution in [1.82, 2.24) is 5.32 Å². The monoisotopic (exact) mass is 371 g/mol. The fourth-order valence-electron chi connectivity index (χ4n) is 2.68. The van der Waals surface area contributed by atoms with E-state index in [4.69, 9.17) is 18.9 Å². The van der Waals surface area contributed by atoms with Crippen molar-refractivity contribution >= 4 is 11.6 Å². The minimum atomic E-state index is 0.270. The number of fused-ring (bicyclic) bond motifs is 1. The number of anilines is 1. The normalized spacial score (nSPS) is 12.6. The van der Waals surface area contributed by atoms with Crippen molar-refractivity contribution in [2.45, 2.75) is 20.4 Å². The highest BCUT2D eigenvalue weighted by atomic mass is 16.7. The second-order valence-electron chi connectivity index (χ2n) is 5.81. The maximum atomic E-state index is 5.63. The van der Waals surface area contributed by atoms with Gasteiger partial charge in [-0.25, -0.2) is 4.99 Å². The van der Waals surface area contributed by atoms with Gasteiger partial charge in [-0.2, -0.15) is 0 Å². The van der Waals surface area contributed by atoms with Crippen molar-refractivity contribution in [3.63, 3.8) is 0 Å². The Kier molecular flexibility index (Phi) is 6.25. The summed E-state index contributed by atoms with van der Waals surface area (Å²) in [5.74, 6) is 3.61. The van der Waals surface area contributed by atoms with Gasteiger partial charge in [0.25, 0.3) is 0 Å². The van der Waals surface area contributed by atoms with E-state index in [-0.39, 0.29) is 6.79 Å². The van der Waals surface area contributed by atoms with Gasteiger partial charge < -0.3 is 29.6 Å². The summed E-state index contributed by atoms with van der Waals surface area (Å²) in [5.41, 5.74) is 1.91. The van der Waals surface area contributed by atoms with Crippen LogP contribution in [0, 0.1) is 0 Å². The molecular formula is C20H25N3O4. The quantitative estimate of drug-likeness (QED) is 0.574. The Balaban J connectivity index is 1.73. The molecule has 1 aliphatic heterocycles. The Hall–Kier alpha value is -3.09. The zero-order valence-corrected chi connectivity index (χ0v) is 15.9. The first-order valence-electron chi connectivity index (χ1n) is 8.98. The number of benzene rings is 2. The Labute approximate surface area is 159 Å². The molecule has 0 aliphatic carbocycles. The molecule has 144 valence electrons. The van der Waals surface area contributed by atoms with Gasteiger partial charge in [-0.3, -0.25) is 0 Å². The van der Waals surface area contributed by atoms with E-state index in [9.17, 15) is 0 Å². The summed E-state index contributed by atoms with van der Waals surface area (Å²) in [6.45, 7) is 6.07. The average Bonchev–Trinajstić information content (AvgIpc) is 3.15. The summed E-state index contributed by atoms with van der Waals surface area (Å²) in [6.07, 6.45) is 0. The molecule has 1 aliphatic rings. The molecule has 3 rings (SSSR count). The lowest BCUT2D eigenvalue weighted by Gasteiger charge is -2.14. The van der Waals surface area contributed by atoms with Gasteiger partial charge in [0.15, 0.2) is 29.0 Å². The Morgan fingerprint density at radius 3 is 2.70 bits per heavy atom. The lowest BCUT2D eigenvalue weighted by molar-refractivity contribution is 0.174. The second kappa shape index (κ2) is 9.02. The van der Waals surface area contributed by atoms with Crippen LogP contribution in [0.3, 0.4) is 0 Å². The van der Waals surface area contributed by atoms with Crippen molar-refractivity contribution in [2.75, 3.05) is 32.4 Å². The molecule has 2 aromatic rings. The highest BCUT2D eigenvalue weighted by Crippen LogP contribution is 2.33. The molecule has 2 aromatic carbocycles. The summed E-state index contributed by atoms with van der Waals surface area (Å²) in [7, 11) is 1.63. The Bertz CT molecular complexity index is 808. The molecule has 7 heteroatoms. The molecule has 0 unspecified atom stereocenters. The van der Waals surface area contributed by atoms with Crippen molar-refractivity contribution in [3.05, 3.63) is 42.0 Å². The molecule has 0 atom stereocenters. The lowest BCUT2D eigenvalue weighted by atomic mass is 10.2. The van der Waals surface area contributed by atoms with Gasteiger partial charge in [0.05, 0.1) is 20.3 Å². The van der Waals surface area contributed by atoms with Gasteiger partial charge in [-0.05, 0) is 43.7 Å². The Morgan fingerprint density at radius 1 is 1.07 bits per heavy atom. The number of ether oxygens (including phenoxy) is 4. The van der Waals surface area contributed by atoms with Gasteiger partial charge in [0.2, 0.25) is 6.79 Å². The van der Waals surface area contributed by atoms with Crippen LogP contribution < -0.4 is 29.6 Å². The molecule has 2 N–H and O–H groups in total. The van der Waals surface area contributed by atoms with Crippen LogP contribution >= 0.6 is 0 Å². The van der Waals surface area contributed by atoms with Gasteiger partial charge in [-0.1, -0.05) is 6.07 Å². The van der Waals surface area contributed by atoms with E-state index in [0.717, 1.165) is 29.3 Å². The van der Waals surface area contributed by atoms with Gasteiger partial charge in [-0.15, -0.1) is 0 Å². The van der Waals surface area contributed by atoms with Crippen LogP contribution in [-0.4, -0.2) is 33.0 Å². The number of methoxy groups -OCH3 is 1. The molecule has 0 saturated heterocycles. The van der Waals surface area contributed by atoms with Crippen molar-refractivity contribution in [2.24, 2.45) is 4.99 Å². The van der Waals surface area contributed by atoms with E-state index >= 15 is 0 Å². The molecule has 1 heterocycles. The highest BCUT2D eigenvalue weighted by molar-refractivity contribution is 5.93. The van der Waals surface area contributed by atoms with E-state index in [2.05, 4.69) is 15.6 Å². The standard InChI is InChI=1S/C20H25N3O4/c1-4-21-20(22-12-14-6-8-17-18(10-14)27-13-26-17)23-15-7-9-16(24-3)19(11-15)25-5-2/h6-11H,4-5,12-13H2,1-3H3,(H2,21,22,23). The molecule has 0 radical (unpaired) electrons. The van der Waals surface area contributed by atoms with Crippen LogP contribution in [0.4, 0.5) is 5.69 Å². The van der Waals surface area contributed by atoms with Crippen LogP contribution in [-0.2, 0) is 6.54 Å². The highest BCUT2D eigenvalue weighted by Gasteiger charge is 2.13. The molecule has 27 heavy (non-hydrogen) atoms. The first-order valence-corrected chi connectivity index (χ1v) is 8.98. The first kappa shape index (κ1) is 18.7. The van der Waals surface area contributed by atoms with E-state index in [1.807, 2.05) is 50.2 Å². The van der Waals surface area contributed by atoms with E-state index in [0.29, 0.717) is 30.6 Å². The zero-order valence-electron chi connectivity index (χ0n) is 15.9. The van der Waals surface area contributed by atoms with Crippen LogP contribution in [0.1, 0.15) is 19.4 Å². The number of hydrogen-bond donors (Lipinski definition) is 2. The third-order valence-electron chi connectivity index (χ3n) is 3.93. The molecule has 7 nitrogen and oxygen atoms in total. The maximum Gasteiger partial charge on any atom is 0.231 e. The number of guanidine groups is 1. The third-order valence-corrected chi connectivity index (χ3v) is 3.93. The fourth-order valence-corrected chi connectivity index (χ4v) is 2.68. The van der Waals surface area contributed by atoms with E-state index in [1.54, 1.807) is 7.11 Å². The van der Waals surface area contributed by atoms with E-state index in [1.165, 1.54) is 0 Å². The average molecular weight is 371 g/mol. The first-order chi connectivity index (χ1) is 13.2. The van der Waals surface area contributed by atoms with Crippen LogP contribution in [0.15, 0.2) is 41.4 Å². The summed E-state index contributed by atoms with van der Waals surface area (Å²) < 4.78 is 21.7. The molecule has 0 fully saturated rings. The minimum absolute atomic E-state index is 0.270. The molecule has 0 aromatic heterocycles. The van der Waals surface area contributed by atoms with Crippen LogP contribution in [0.25, 0.3) is 0 Å². The number of aliphatic imine (C=N–C) groups is 1.